The van der Waals surface area contributed by atoms with Gasteiger partial charge >= 0.3 is 5.97 Å². The fraction of sp³-hybridized carbons (Fsp3) is 0.550. The van der Waals surface area contributed by atoms with Gasteiger partial charge in [-0.2, -0.15) is 0 Å². The largest absolute Gasteiger partial charge is 0.465 e. The van der Waals surface area contributed by atoms with Crippen molar-refractivity contribution in [3.8, 4) is 0 Å². The second-order valence-corrected chi connectivity index (χ2v) is 9.45. The average Bonchev–Trinajstić information content (AvgIpc) is 3.30. The van der Waals surface area contributed by atoms with E-state index in [4.69, 9.17) is 9.72 Å². The maximum absolute atomic E-state index is 12.1. The fourth-order valence-electron chi connectivity index (χ4n) is 3.77. The summed E-state index contributed by atoms with van der Waals surface area (Å²) in [6.07, 6.45) is 4.06. The normalized spacial score (nSPS) is 16.0. The number of fused-ring (bicyclic) bond motifs is 5. The van der Waals surface area contributed by atoms with Gasteiger partial charge in [0.15, 0.2) is 10.8 Å². The van der Waals surface area contributed by atoms with Gasteiger partial charge in [0.2, 0.25) is 5.91 Å². The maximum Gasteiger partial charge on any atom is 0.325 e. The van der Waals surface area contributed by atoms with Crippen LogP contribution in [0.25, 0.3) is 15.9 Å². The number of aryl methyl sites for hydroxylation is 2. The Bertz CT molecular complexity index is 1110. The van der Waals surface area contributed by atoms with E-state index >= 15 is 0 Å². The smallest absolute Gasteiger partial charge is 0.325 e. The number of thiophene rings is 1. The van der Waals surface area contributed by atoms with Crippen LogP contribution in [0.15, 0.2) is 5.16 Å². The number of amides is 1. The molecule has 1 N–H and O–H groups in total. The molecule has 1 unspecified atom stereocenters. The number of esters is 1. The molecule has 0 aromatic carbocycles. The van der Waals surface area contributed by atoms with Gasteiger partial charge in [-0.15, -0.1) is 21.5 Å². The van der Waals surface area contributed by atoms with E-state index in [2.05, 4.69) is 29.4 Å². The highest BCUT2D eigenvalue weighted by Gasteiger charge is 2.25. The molecule has 0 radical (unpaired) electrons. The number of ether oxygens (including phenoxy) is 1. The van der Waals surface area contributed by atoms with Crippen molar-refractivity contribution in [3.05, 3.63) is 16.3 Å². The fourth-order valence-corrected chi connectivity index (χ4v) is 5.95. The Hall–Kier alpha value is -2.20. The maximum atomic E-state index is 12.1. The zero-order chi connectivity index (χ0) is 21.3. The molecule has 160 valence electrons. The van der Waals surface area contributed by atoms with Crippen molar-refractivity contribution in [2.45, 2.75) is 51.6 Å². The molecular weight excluding hydrogens is 422 g/mol. The minimum absolute atomic E-state index is 0.129. The Morgan fingerprint density at radius 2 is 2.17 bits per heavy atom. The molecule has 30 heavy (non-hydrogen) atoms. The Morgan fingerprint density at radius 1 is 1.33 bits per heavy atom. The number of carbonyl (C=O) groups excluding carboxylic acids is 2. The highest BCUT2D eigenvalue weighted by Crippen LogP contribution is 2.39. The van der Waals surface area contributed by atoms with Gasteiger partial charge in [-0.1, -0.05) is 25.6 Å². The van der Waals surface area contributed by atoms with Gasteiger partial charge in [0.05, 0.1) is 17.7 Å². The molecule has 0 saturated carbocycles. The molecule has 3 aromatic heterocycles. The molecule has 0 bridgehead atoms. The standard InChI is InChI=1S/C20H25N5O3S2/c1-4-14-22-19-17(12-7-6-11(3)8-13(12)30-19)18-23-24-20(25(14)18)29-10-15(26)21-9-16(27)28-5-2/h11H,4-10H2,1-3H3,(H,21,26). The zero-order valence-electron chi connectivity index (χ0n) is 17.4. The second-order valence-electron chi connectivity index (χ2n) is 7.43. The summed E-state index contributed by atoms with van der Waals surface area (Å²) in [6, 6.07) is 0. The molecule has 10 heteroatoms. The lowest BCUT2D eigenvalue weighted by Gasteiger charge is -2.17. The van der Waals surface area contributed by atoms with Crippen LogP contribution >= 0.6 is 23.1 Å². The van der Waals surface area contributed by atoms with Crippen LogP contribution in [0.3, 0.4) is 0 Å². The van der Waals surface area contributed by atoms with E-state index in [0.717, 1.165) is 41.0 Å². The summed E-state index contributed by atoms with van der Waals surface area (Å²) in [5.74, 6) is 1.03. The van der Waals surface area contributed by atoms with Crippen LogP contribution in [0.1, 0.15) is 43.5 Å². The van der Waals surface area contributed by atoms with Crippen molar-refractivity contribution in [1.82, 2.24) is 24.9 Å². The topological polar surface area (TPSA) is 98.5 Å². The minimum Gasteiger partial charge on any atom is -0.465 e. The van der Waals surface area contributed by atoms with Gasteiger partial charge in [0.25, 0.3) is 0 Å². The summed E-state index contributed by atoms with van der Waals surface area (Å²) in [7, 11) is 0. The van der Waals surface area contributed by atoms with Gasteiger partial charge < -0.3 is 10.1 Å². The highest BCUT2D eigenvalue weighted by atomic mass is 32.2. The molecule has 3 heterocycles. The summed E-state index contributed by atoms with van der Waals surface area (Å²) in [4.78, 5) is 30.9. The molecule has 1 aliphatic carbocycles. The van der Waals surface area contributed by atoms with Gasteiger partial charge in [-0.05, 0) is 37.7 Å². The van der Waals surface area contributed by atoms with E-state index in [1.165, 1.54) is 28.6 Å². The summed E-state index contributed by atoms with van der Waals surface area (Å²) < 4.78 is 6.80. The van der Waals surface area contributed by atoms with E-state index in [-0.39, 0.29) is 18.2 Å². The molecular formula is C20H25N5O3S2. The van der Waals surface area contributed by atoms with Crippen molar-refractivity contribution >= 4 is 50.8 Å². The molecule has 4 rings (SSSR count). The van der Waals surface area contributed by atoms with Crippen molar-refractivity contribution in [2.75, 3.05) is 18.9 Å². The Balaban J connectivity index is 1.60. The molecule has 0 saturated heterocycles. The predicted octanol–water partition coefficient (Wildman–Crippen LogP) is 2.80. The molecule has 0 fully saturated rings. The van der Waals surface area contributed by atoms with Gasteiger partial charge in [0.1, 0.15) is 17.2 Å². The Kier molecular flexibility index (Phi) is 6.24. The summed E-state index contributed by atoms with van der Waals surface area (Å²) in [5.41, 5.74) is 2.20. The lowest BCUT2D eigenvalue weighted by molar-refractivity contribution is -0.143. The SMILES string of the molecule is CCOC(=O)CNC(=O)CSc1nnc2c3c4c(sc3nc(CC)n12)CC(C)CC4. The lowest BCUT2D eigenvalue weighted by Crippen LogP contribution is -2.31. The third-order valence-corrected chi connectivity index (χ3v) is 7.30. The van der Waals surface area contributed by atoms with Crippen LogP contribution in [-0.2, 0) is 33.6 Å². The van der Waals surface area contributed by atoms with E-state index in [1.54, 1.807) is 18.3 Å². The zero-order valence-corrected chi connectivity index (χ0v) is 19.0. The predicted molar refractivity (Wildman–Crippen MR) is 117 cm³/mol. The number of rotatable bonds is 7. The quantitative estimate of drug-likeness (QED) is 0.439. The van der Waals surface area contributed by atoms with Crippen molar-refractivity contribution in [2.24, 2.45) is 5.92 Å². The monoisotopic (exact) mass is 447 g/mol. The van der Waals surface area contributed by atoms with Crippen LogP contribution in [0.2, 0.25) is 0 Å². The third kappa shape index (κ3) is 4.02. The van der Waals surface area contributed by atoms with Gasteiger partial charge in [-0.25, -0.2) is 4.98 Å². The van der Waals surface area contributed by atoms with E-state index in [9.17, 15) is 9.59 Å². The number of aromatic nitrogens is 4. The van der Waals surface area contributed by atoms with Crippen molar-refractivity contribution in [3.63, 3.8) is 0 Å². The van der Waals surface area contributed by atoms with Gasteiger partial charge in [-0.3, -0.25) is 14.0 Å². The number of hydrogen-bond acceptors (Lipinski definition) is 8. The average molecular weight is 448 g/mol. The van der Waals surface area contributed by atoms with Crippen LogP contribution in [0.5, 0.6) is 0 Å². The molecule has 0 spiro atoms. The first-order valence-corrected chi connectivity index (χ1v) is 12.0. The number of carbonyl (C=O) groups is 2. The van der Waals surface area contributed by atoms with E-state index < -0.39 is 5.97 Å². The second kappa shape index (κ2) is 8.89. The van der Waals surface area contributed by atoms with Crippen molar-refractivity contribution < 1.29 is 14.3 Å². The Labute approximate surface area is 182 Å². The van der Waals surface area contributed by atoms with Crippen LogP contribution in [0.4, 0.5) is 0 Å². The van der Waals surface area contributed by atoms with Gasteiger partial charge in [0, 0.05) is 11.3 Å². The van der Waals surface area contributed by atoms with E-state index in [1.807, 2.05) is 4.40 Å². The number of hydrogen-bond donors (Lipinski definition) is 1. The number of nitrogens with zero attached hydrogens (tertiary/aromatic N) is 4. The third-order valence-electron chi connectivity index (χ3n) is 5.22. The molecule has 1 atom stereocenters. The molecule has 1 aliphatic rings. The number of thioether (sulfide) groups is 1. The van der Waals surface area contributed by atoms with Crippen LogP contribution in [0, 0.1) is 5.92 Å². The molecule has 0 aliphatic heterocycles. The first-order chi connectivity index (χ1) is 14.5. The first-order valence-electron chi connectivity index (χ1n) is 10.2. The highest BCUT2D eigenvalue weighted by molar-refractivity contribution is 7.99. The number of nitrogens with one attached hydrogen (secondary N) is 1. The lowest BCUT2D eigenvalue weighted by atomic mass is 9.89. The van der Waals surface area contributed by atoms with Crippen molar-refractivity contribution in [1.29, 1.82) is 0 Å². The molecule has 8 nitrogen and oxygen atoms in total. The molecule has 1 amide bonds. The molecule has 3 aromatic rings. The van der Waals surface area contributed by atoms with Crippen LogP contribution < -0.4 is 5.32 Å². The Morgan fingerprint density at radius 3 is 2.93 bits per heavy atom. The summed E-state index contributed by atoms with van der Waals surface area (Å²) in [5, 5.41) is 13.2. The minimum atomic E-state index is -0.444. The van der Waals surface area contributed by atoms with E-state index in [0.29, 0.717) is 17.7 Å². The summed E-state index contributed by atoms with van der Waals surface area (Å²) in [6.45, 7) is 6.25. The summed E-state index contributed by atoms with van der Waals surface area (Å²) >= 11 is 3.08. The van der Waals surface area contributed by atoms with Crippen LogP contribution in [-0.4, -0.2) is 50.4 Å². The first kappa shape index (κ1) is 21.0.